The molecule has 0 aliphatic carbocycles. The lowest BCUT2D eigenvalue weighted by molar-refractivity contribution is -0.120. The molecular formula is C21H25FN2O3S. The molecule has 0 atom stereocenters. The molecule has 1 N–H and O–H groups in total. The van der Waals surface area contributed by atoms with E-state index in [9.17, 15) is 17.6 Å². The van der Waals surface area contributed by atoms with Crippen LogP contribution < -0.4 is 5.32 Å². The highest BCUT2D eigenvalue weighted by atomic mass is 32.2. The van der Waals surface area contributed by atoms with Gasteiger partial charge < -0.3 is 5.32 Å². The molecule has 28 heavy (non-hydrogen) atoms. The van der Waals surface area contributed by atoms with Crippen molar-refractivity contribution in [3.05, 3.63) is 58.9 Å². The van der Waals surface area contributed by atoms with Crippen molar-refractivity contribution in [3.8, 4) is 0 Å². The number of nitrogens with one attached hydrogen (secondary N) is 1. The van der Waals surface area contributed by atoms with Gasteiger partial charge in [-0.25, -0.2) is 12.8 Å². The summed E-state index contributed by atoms with van der Waals surface area (Å²) >= 11 is 0. The van der Waals surface area contributed by atoms with Crippen LogP contribution in [0.1, 0.15) is 29.5 Å². The zero-order valence-electron chi connectivity index (χ0n) is 16.3. The molecule has 0 unspecified atom stereocenters. The summed E-state index contributed by atoms with van der Waals surface area (Å²) in [6.45, 7) is 6.17. The fraction of sp³-hybridized carbons (Fsp3) is 0.381. The topological polar surface area (TPSA) is 66.5 Å². The summed E-state index contributed by atoms with van der Waals surface area (Å²) in [6, 6.07) is 9.36. The van der Waals surface area contributed by atoms with E-state index in [1.807, 2.05) is 19.9 Å². The van der Waals surface area contributed by atoms with Gasteiger partial charge in [0.1, 0.15) is 5.82 Å². The summed E-state index contributed by atoms with van der Waals surface area (Å²) in [6.07, 6.45) is 0.909. The summed E-state index contributed by atoms with van der Waals surface area (Å²) in [7, 11) is -3.56. The Morgan fingerprint density at radius 1 is 1.00 bits per heavy atom. The number of benzene rings is 2. The first-order valence-corrected chi connectivity index (χ1v) is 10.8. The molecule has 0 radical (unpaired) electrons. The number of nitrogens with zero attached hydrogens (tertiary/aromatic N) is 1. The smallest absolute Gasteiger partial charge is 0.243 e. The van der Waals surface area contributed by atoms with Gasteiger partial charge in [0.05, 0.1) is 4.90 Å². The first-order valence-electron chi connectivity index (χ1n) is 9.33. The minimum absolute atomic E-state index is 0.155. The molecule has 7 heteroatoms. The van der Waals surface area contributed by atoms with Gasteiger partial charge >= 0.3 is 0 Å². The van der Waals surface area contributed by atoms with E-state index in [1.165, 1.54) is 16.4 Å². The molecule has 3 rings (SSSR count). The first kappa shape index (κ1) is 20.5. The van der Waals surface area contributed by atoms with E-state index in [2.05, 4.69) is 5.32 Å². The van der Waals surface area contributed by atoms with Crippen LogP contribution in [0.4, 0.5) is 10.1 Å². The van der Waals surface area contributed by atoms with Crippen molar-refractivity contribution in [2.45, 2.75) is 38.5 Å². The third kappa shape index (κ3) is 4.25. The van der Waals surface area contributed by atoms with E-state index in [-0.39, 0.29) is 17.6 Å². The minimum Gasteiger partial charge on any atom is -0.326 e. The Balaban J connectivity index is 1.64. The monoisotopic (exact) mass is 404 g/mol. The van der Waals surface area contributed by atoms with Crippen LogP contribution >= 0.6 is 0 Å². The molecule has 1 aliphatic rings. The van der Waals surface area contributed by atoms with Crippen molar-refractivity contribution in [2.24, 2.45) is 5.92 Å². The zero-order chi connectivity index (χ0) is 20.5. The Kier molecular flexibility index (Phi) is 5.86. The average molecular weight is 405 g/mol. The predicted octanol–water partition coefficient (Wildman–Crippen LogP) is 3.79. The van der Waals surface area contributed by atoms with Crippen LogP contribution in [0, 0.1) is 32.5 Å². The SMILES string of the molecule is Cc1ccc(S(=O)(=O)N2CCC(C(=O)Nc3ccc(F)cc3C)CC2)cc1C. The third-order valence-electron chi connectivity index (χ3n) is 5.39. The second kappa shape index (κ2) is 8.01. The molecule has 1 fully saturated rings. The highest BCUT2D eigenvalue weighted by Crippen LogP contribution is 2.26. The second-order valence-corrected chi connectivity index (χ2v) is 9.31. The number of carbonyl (C=O) groups is 1. The molecule has 1 heterocycles. The molecule has 0 aromatic heterocycles. The lowest BCUT2D eigenvalue weighted by Gasteiger charge is -2.30. The molecule has 5 nitrogen and oxygen atoms in total. The Morgan fingerprint density at radius 2 is 1.68 bits per heavy atom. The van der Waals surface area contributed by atoms with E-state index in [1.54, 1.807) is 25.1 Å². The maximum Gasteiger partial charge on any atom is 0.243 e. The molecular weight excluding hydrogens is 379 g/mol. The minimum atomic E-state index is -3.56. The Hall–Kier alpha value is -2.25. The molecule has 1 aliphatic heterocycles. The Labute approximate surface area is 165 Å². The number of carbonyl (C=O) groups excluding carboxylic acids is 1. The van der Waals surface area contributed by atoms with Crippen molar-refractivity contribution >= 4 is 21.6 Å². The highest BCUT2D eigenvalue weighted by Gasteiger charge is 2.32. The van der Waals surface area contributed by atoms with Crippen LogP contribution in [0.25, 0.3) is 0 Å². The van der Waals surface area contributed by atoms with E-state index < -0.39 is 10.0 Å². The average Bonchev–Trinajstić information content (AvgIpc) is 2.66. The van der Waals surface area contributed by atoms with Crippen molar-refractivity contribution in [1.82, 2.24) is 4.31 Å². The lowest BCUT2D eigenvalue weighted by atomic mass is 9.97. The number of aryl methyl sites for hydroxylation is 3. The number of rotatable bonds is 4. The third-order valence-corrected chi connectivity index (χ3v) is 7.28. The van der Waals surface area contributed by atoms with Gasteiger partial charge in [0.2, 0.25) is 15.9 Å². The summed E-state index contributed by atoms with van der Waals surface area (Å²) < 4.78 is 40.4. The molecule has 0 spiro atoms. The van der Waals surface area contributed by atoms with Gasteiger partial charge in [0, 0.05) is 24.7 Å². The molecule has 1 amide bonds. The predicted molar refractivity (Wildman–Crippen MR) is 107 cm³/mol. The maximum absolute atomic E-state index is 13.2. The lowest BCUT2D eigenvalue weighted by Crippen LogP contribution is -2.41. The van der Waals surface area contributed by atoms with Crippen LogP contribution in [0.5, 0.6) is 0 Å². The van der Waals surface area contributed by atoms with Gasteiger partial charge in [0.15, 0.2) is 0 Å². The number of piperidine rings is 1. The van der Waals surface area contributed by atoms with Crippen molar-refractivity contribution in [1.29, 1.82) is 0 Å². The number of hydrogen-bond donors (Lipinski definition) is 1. The number of hydrogen-bond acceptors (Lipinski definition) is 3. The van der Waals surface area contributed by atoms with Gasteiger partial charge in [-0.1, -0.05) is 6.07 Å². The fourth-order valence-corrected chi connectivity index (χ4v) is 4.94. The number of anilines is 1. The largest absolute Gasteiger partial charge is 0.326 e. The van der Waals surface area contributed by atoms with Gasteiger partial charge in [-0.3, -0.25) is 4.79 Å². The van der Waals surface area contributed by atoms with Crippen LogP contribution in [0.2, 0.25) is 0 Å². The highest BCUT2D eigenvalue weighted by molar-refractivity contribution is 7.89. The zero-order valence-corrected chi connectivity index (χ0v) is 17.1. The normalized spacial score (nSPS) is 16.1. The second-order valence-electron chi connectivity index (χ2n) is 7.37. The Morgan fingerprint density at radius 3 is 2.29 bits per heavy atom. The van der Waals surface area contributed by atoms with Crippen LogP contribution in [0.3, 0.4) is 0 Å². The van der Waals surface area contributed by atoms with E-state index >= 15 is 0 Å². The van der Waals surface area contributed by atoms with Crippen molar-refractivity contribution < 1.29 is 17.6 Å². The summed E-state index contributed by atoms with van der Waals surface area (Å²) in [5.74, 6) is -0.769. The fourth-order valence-electron chi connectivity index (χ4n) is 3.38. The molecule has 0 bridgehead atoms. The standard InChI is InChI=1S/C21H25FN2O3S/c1-14-4-6-19(13-15(14)2)28(26,27)24-10-8-17(9-11-24)21(25)23-20-7-5-18(22)12-16(20)3/h4-7,12-13,17H,8-11H2,1-3H3,(H,23,25). The molecule has 150 valence electrons. The maximum atomic E-state index is 13.2. The van der Waals surface area contributed by atoms with E-state index in [4.69, 9.17) is 0 Å². The van der Waals surface area contributed by atoms with Gasteiger partial charge in [-0.15, -0.1) is 0 Å². The molecule has 2 aromatic carbocycles. The number of amides is 1. The van der Waals surface area contributed by atoms with E-state index in [0.717, 1.165) is 11.1 Å². The quantitative estimate of drug-likeness (QED) is 0.843. The molecule has 0 saturated carbocycles. The number of halogens is 1. The summed E-state index contributed by atoms with van der Waals surface area (Å²) in [4.78, 5) is 12.8. The first-order chi connectivity index (χ1) is 13.2. The summed E-state index contributed by atoms with van der Waals surface area (Å²) in [5, 5.41) is 2.83. The van der Waals surface area contributed by atoms with Crippen molar-refractivity contribution in [2.75, 3.05) is 18.4 Å². The molecule has 1 saturated heterocycles. The van der Waals surface area contributed by atoms with Gasteiger partial charge in [0.25, 0.3) is 0 Å². The van der Waals surface area contributed by atoms with Crippen LogP contribution in [0.15, 0.2) is 41.3 Å². The summed E-state index contributed by atoms with van der Waals surface area (Å²) in [5.41, 5.74) is 3.22. The number of sulfonamides is 1. The van der Waals surface area contributed by atoms with Crippen molar-refractivity contribution in [3.63, 3.8) is 0 Å². The van der Waals surface area contributed by atoms with Crippen LogP contribution in [-0.4, -0.2) is 31.7 Å². The Bertz CT molecular complexity index is 997. The van der Waals surface area contributed by atoms with Gasteiger partial charge in [-0.2, -0.15) is 4.31 Å². The molecule has 2 aromatic rings. The van der Waals surface area contributed by atoms with E-state index in [0.29, 0.717) is 42.1 Å². The van der Waals surface area contributed by atoms with Crippen LogP contribution in [-0.2, 0) is 14.8 Å². The van der Waals surface area contributed by atoms with Gasteiger partial charge in [-0.05, 0) is 80.6 Å².